The number of carbonyl (C=O) groups is 2. The highest BCUT2D eigenvalue weighted by Gasteiger charge is 2.17. The summed E-state index contributed by atoms with van der Waals surface area (Å²) in [5.74, 6) is 0.323. The van der Waals surface area contributed by atoms with Gasteiger partial charge in [-0.3, -0.25) is 4.79 Å². The van der Waals surface area contributed by atoms with Crippen LogP contribution in [0.1, 0.15) is 18.1 Å². The largest absolute Gasteiger partial charge is 0.454 e. The molecular formula is C20H18ClNO5. The first-order valence-corrected chi connectivity index (χ1v) is 8.69. The molecule has 0 unspecified atom stereocenters. The molecule has 0 bridgehead atoms. The molecule has 2 aromatic carbocycles. The highest BCUT2D eigenvalue weighted by molar-refractivity contribution is 6.30. The number of fused-ring (bicyclic) bond motifs is 1. The van der Waals surface area contributed by atoms with Gasteiger partial charge in [-0.2, -0.15) is 0 Å². The van der Waals surface area contributed by atoms with E-state index in [1.807, 2.05) is 6.07 Å². The summed E-state index contributed by atoms with van der Waals surface area (Å²) in [5, 5.41) is 3.29. The smallest absolute Gasteiger partial charge is 0.331 e. The summed E-state index contributed by atoms with van der Waals surface area (Å²) in [7, 11) is 0. The Hall–Kier alpha value is -2.99. The van der Waals surface area contributed by atoms with Crippen molar-refractivity contribution in [3.63, 3.8) is 0 Å². The minimum absolute atomic E-state index is 0.195. The summed E-state index contributed by atoms with van der Waals surface area (Å²) < 4.78 is 15.6. The third kappa shape index (κ3) is 5.24. The van der Waals surface area contributed by atoms with E-state index in [0.29, 0.717) is 16.5 Å². The molecular weight excluding hydrogens is 370 g/mol. The van der Waals surface area contributed by atoms with E-state index in [-0.39, 0.29) is 13.3 Å². The van der Waals surface area contributed by atoms with E-state index in [2.05, 4.69) is 5.32 Å². The minimum Gasteiger partial charge on any atom is -0.454 e. The second-order valence-electron chi connectivity index (χ2n) is 5.87. The summed E-state index contributed by atoms with van der Waals surface area (Å²) in [4.78, 5) is 24.0. The summed E-state index contributed by atoms with van der Waals surface area (Å²) in [5.41, 5.74) is 1.62. The Kier molecular flexibility index (Phi) is 5.98. The quantitative estimate of drug-likeness (QED) is 0.608. The molecule has 1 N–H and O–H groups in total. The lowest BCUT2D eigenvalue weighted by Crippen LogP contribution is -2.35. The Morgan fingerprint density at radius 2 is 2.04 bits per heavy atom. The van der Waals surface area contributed by atoms with Crippen molar-refractivity contribution < 1.29 is 23.8 Å². The first-order chi connectivity index (χ1) is 13.0. The van der Waals surface area contributed by atoms with E-state index in [0.717, 1.165) is 11.1 Å². The zero-order valence-corrected chi connectivity index (χ0v) is 15.4. The fraction of sp³-hybridized carbons (Fsp3) is 0.200. The van der Waals surface area contributed by atoms with Gasteiger partial charge in [0.2, 0.25) is 6.79 Å². The van der Waals surface area contributed by atoms with Gasteiger partial charge in [-0.1, -0.05) is 29.8 Å². The van der Waals surface area contributed by atoms with E-state index < -0.39 is 18.0 Å². The lowest BCUT2D eigenvalue weighted by Gasteiger charge is -2.12. The fourth-order valence-electron chi connectivity index (χ4n) is 2.43. The highest BCUT2D eigenvalue weighted by Crippen LogP contribution is 2.32. The summed E-state index contributed by atoms with van der Waals surface area (Å²) >= 11 is 5.88. The maximum Gasteiger partial charge on any atom is 0.331 e. The number of amides is 1. The van der Waals surface area contributed by atoms with Crippen LogP contribution in [0, 0.1) is 0 Å². The van der Waals surface area contributed by atoms with Gasteiger partial charge in [-0.05, 0) is 48.4 Å². The summed E-state index contributed by atoms with van der Waals surface area (Å²) in [6.07, 6.45) is 1.91. The molecule has 1 aliphatic heterocycles. The number of rotatable bonds is 6. The zero-order chi connectivity index (χ0) is 19.2. The van der Waals surface area contributed by atoms with Crippen molar-refractivity contribution in [2.24, 2.45) is 0 Å². The van der Waals surface area contributed by atoms with E-state index in [1.54, 1.807) is 42.5 Å². The Bertz CT molecular complexity index is 880. The number of hydrogen-bond donors (Lipinski definition) is 1. The van der Waals surface area contributed by atoms with Crippen LogP contribution in [0.2, 0.25) is 5.02 Å². The molecule has 140 valence electrons. The van der Waals surface area contributed by atoms with Crippen LogP contribution in [-0.2, 0) is 20.9 Å². The van der Waals surface area contributed by atoms with E-state index >= 15 is 0 Å². The molecule has 6 nitrogen and oxygen atoms in total. The van der Waals surface area contributed by atoms with Crippen LogP contribution in [0.25, 0.3) is 6.08 Å². The van der Waals surface area contributed by atoms with Gasteiger partial charge < -0.3 is 19.5 Å². The van der Waals surface area contributed by atoms with E-state index in [9.17, 15) is 9.59 Å². The lowest BCUT2D eigenvalue weighted by molar-refractivity contribution is -0.150. The number of hydrogen-bond acceptors (Lipinski definition) is 5. The van der Waals surface area contributed by atoms with Crippen molar-refractivity contribution in [3.8, 4) is 11.5 Å². The molecule has 0 spiro atoms. The molecule has 0 fully saturated rings. The van der Waals surface area contributed by atoms with Gasteiger partial charge in [-0.15, -0.1) is 0 Å². The lowest BCUT2D eigenvalue weighted by atomic mass is 10.2. The van der Waals surface area contributed by atoms with Gasteiger partial charge >= 0.3 is 5.97 Å². The molecule has 0 saturated heterocycles. The maximum absolute atomic E-state index is 12.1. The molecule has 1 atom stereocenters. The average molecular weight is 388 g/mol. The molecule has 2 aromatic rings. The van der Waals surface area contributed by atoms with Gasteiger partial charge in [0.1, 0.15) is 0 Å². The molecule has 27 heavy (non-hydrogen) atoms. The second-order valence-corrected chi connectivity index (χ2v) is 6.31. The van der Waals surface area contributed by atoms with Crippen molar-refractivity contribution >= 4 is 29.6 Å². The molecule has 0 aromatic heterocycles. The molecule has 0 radical (unpaired) electrons. The van der Waals surface area contributed by atoms with Gasteiger partial charge in [0, 0.05) is 17.6 Å². The molecule has 0 aliphatic carbocycles. The predicted octanol–water partition coefficient (Wildman–Crippen LogP) is 3.33. The van der Waals surface area contributed by atoms with Crippen molar-refractivity contribution in [2.75, 3.05) is 6.79 Å². The Morgan fingerprint density at radius 1 is 1.22 bits per heavy atom. The first kappa shape index (κ1) is 18.8. The number of esters is 1. The van der Waals surface area contributed by atoms with Crippen LogP contribution in [0.15, 0.2) is 48.5 Å². The van der Waals surface area contributed by atoms with Crippen LogP contribution in [0.5, 0.6) is 11.5 Å². The van der Waals surface area contributed by atoms with Crippen LogP contribution < -0.4 is 14.8 Å². The van der Waals surface area contributed by atoms with Crippen molar-refractivity contribution in [2.45, 2.75) is 19.6 Å². The van der Waals surface area contributed by atoms with Gasteiger partial charge in [0.15, 0.2) is 17.6 Å². The van der Waals surface area contributed by atoms with Crippen molar-refractivity contribution in [3.05, 3.63) is 64.7 Å². The standard InChI is InChI=1S/C20H18ClNO5/c1-13(27-19(23)8-6-14-3-2-4-16(21)9-14)20(24)22-11-15-5-7-17-18(10-15)26-12-25-17/h2-10,13H,11-12H2,1H3,(H,22,24)/b8-6+/t13-/m0/s1. The Morgan fingerprint density at radius 3 is 2.85 bits per heavy atom. The van der Waals surface area contributed by atoms with E-state index in [4.69, 9.17) is 25.8 Å². The normalized spacial score (nSPS) is 13.4. The van der Waals surface area contributed by atoms with Gasteiger partial charge in [-0.25, -0.2) is 4.79 Å². The third-order valence-corrected chi connectivity index (χ3v) is 4.06. The van der Waals surface area contributed by atoms with Crippen LogP contribution >= 0.6 is 11.6 Å². The number of halogens is 1. The Balaban J connectivity index is 1.47. The Labute approximate surface area is 161 Å². The minimum atomic E-state index is -0.921. The topological polar surface area (TPSA) is 73.9 Å². The molecule has 7 heteroatoms. The third-order valence-electron chi connectivity index (χ3n) is 3.83. The average Bonchev–Trinajstić information content (AvgIpc) is 3.12. The number of nitrogens with one attached hydrogen (secondary N) is 1. The number of ether oxygens (including phenoxy) is 3. The second kappa shape index (κ2) is 8.60. The maximum atomic E-state index is 12.1. The van der Waals surface area contributed by atoms with Gasteiger partial charge in [0.25, 0.3) is 5.91 Å². The molecule has 1 amide bonds. The number of benzene rings is 2. The molecule has 0 saturated carbocycles. The van der Waals surface area contributed by atoms with Crippen molar-refractivity contribution in [1.29, 1.82) is 0 Å². The highest BCUT2D eigenvalue weighted by atomic mass is 35.5. The summed E-state index contributed by atoms with van der Waals surface area (Å²) in [6, 6.07) is 12.5. The van der Waals surface area contributed by atoms with Gasteiger partial charge in [0.05, 0.1) is 0 Å². The van der Waals surface area contributed by atoms with Crippen LogP contribution in [0.4, 0.5) is 0 Å². The fourth-order valence-corrected chi connectivity index (χ4v) is 2.62. The predicted molar refractivity (Wildman–Crippen MR) is 100 cm³/mol. The molecule has 3 rings (SSSR count). The first-order valence-electron chi connectivity index (χ1n) is 8.32. The molecule has 1 heterocycles. The van der Waals surface area contributed by atoms with Crippen LogP contribution in [-0.4, -0.2) is 24.8 Å². The zero-order valence-electron chi connectivity index (χ0n) is 14.6. The van der Waals surface area contributed by atoms with E-state index in [1.165, 1.54) is 13.0 Å². The summed E-state index contributed by atoms with van der Waals surface area (Å²) in [6.45, 7) is 2.00. The monoisotopic (exact) mass is 387 g/mol. The van der Waals surface area contributed by atoms with Crippen molar-refractivity contribution in [1.82, 2.24) is 5.32 Å². The number of carbonyl (C=O) groups excluding carboxylic acids is 2. The molecule has 1 aliphatic rings. The van der Waals surface area contributed by atoms with Crippen LogP contribution in [0.3, 0.4) is 0 Å². The SMILES string of the molecule is C[C@H](OC(=O)/C=C/c1cccc(Cl)c1)C(=O)NCc1ccc2c(c1)OCO2.